The molecular formula is C23H24F3N3O3. The molecule has 2 aliphatic rings. The second-order valence-electron chi connectivity index (χ2n) is 8.16. The highest BCUT2D eigenvalue weighted by molar-refractivity contribution is 5.94. The molecule has 6 nitrogen and oxygen atoms in total. The number of aliphatic hydroxyl groups is 1. The summed E-state index contributed by atoms with van der Waals surface area (Å²) in [7, 11) is 0. The van der Waals surface area contributed by atoms with Crippen LogP contribution in [0.4, 0.5) is 18.9 Å². The summed E-state index contributed by atoms with van der Waals surface area (Å²) in [6.07, 6.45) is -0.797. The van der Waals surface area contributed by atoms with Crippen LogP contribution in [0.25, 0.3) is 0 Å². The Kier molecular flexibility index (Phi) is 6.10. The molecule has 1 unspecified atom stereocenters. The number of nitrogens with zero attached hydrogens (tertiary/aromatic N) is 3. The van der Waals surface area contributed by atoms with Crippen molar-refractivity contribution in [1.29, 1.82) is 0 Å². The molecule has 1 atom stereocenters. The number of likely N-dealkylation sites (tertiary alicyclic amines) is 1. The Bertz CT molecular complexity index is 956. The van der Waals surface area contributed by atoms with Crippen molar-refractivity contribution in [2.24, 2.45) is 5.10 Å². The molecule has 1 saturated heterocycles. The molecule has 0 radical (unpaired) electrons. The monoisotopic (exact) mass is 447 g/mol. The summed E-state index contributed by atoms with van der Waals surface area (Å²) in [5.41, 5.74) is 0.344. The van der Waals surface area contributed by atoms with Crippen LogP contribution < -0.4 is 9.75 Å². The Morgan fingerprint density at radius 1 is 1.09 bits per heavy atom. The van der Waals surface area contributed by atoms with E-state index in [1.54, 1.807) is 4.90 Å². The molecule has 32 heavy (non-hydrogen) atoms. The number of halogens is 3. The van der Waals surface area contributed by atoms with Crippen molar-refractivity contribution in [3.8, 4) is 5.75 Å². The predicted molar refractivity (Wildman–Crippen MR) is 114 cm³/mol. The summed E-state index contributed by atoms with van der Waals surface area (Å²) in [5.74, 6) is -0.649. The molecule has 9 heteroatoms. The third kappa shape index (κ3) is 5.21. The van der Waals surface area contributed by atoms with E-state index in [1.165, 1.54) is 12.1 Å². The summed E-state index contributed by atoms with van der Waals surface area (Å²) in [5, 5.41) is 17.5. The maximum atomic E-state index is 12.7. The molecule has 2 aliphatic heterocycles. The number of para-hydroxylation sites is 1. The average Bonchev–Trinajstić information content (AvgIpc) is 3.21. The van der Waals surface area contributed by atoms with Crippen LogP contribution >= 0.6 is 0 Å². The van der Waals surface area contributed by atoms with Crippen LogP contribution in [0.15, 0.2) is 59.7 Å². The first-order valence-corrected chi connectivity index (χ1v) is 10.5. The molecule has 0 spiro atoms. The molecule has 0 bridgehead atoms. The average molecular weight is 447 g/mol. The summed E-state index contributed by atoms with van der Waals surface area (Å²) in [4.78, 5) is 14.4. The molecule has 1 fully saturated rings. The SMILES string of the molecule is O=C(c1ccc(OC(F)(F)F)cc1)N1CCC(O)(CC2CC=NN2c2ccccc2)CC1. The minimum absolute atomic E-state index is 0.0471. The number of anilines is 1. The lowest BCUT2D eigenvalue weighted by molar-refractivity contribution is -0.274. The topological polar surface area (TPSA) is 65.4 Å². The van der Waals surface area contributed by atoms with Crippen LogP contribution in [0.5, 0.6) is 5.75 Å². The fraction of sp³-hybridized carbons (Fsp3) is 0.391. The van der Waals surface area contributed by atoms with Crippen LogP contribution in [-0.2, 0) is 0 Å². The molecule has 1 amide bonds. The van der Waals surface area contributed by atoms with Crippen LogP contribution in [0.1, 0.15) is 36.0 Å². The predicted octanol–water partition coefficient (Wildman–Crippen LogP) is 4.21. The van der Waals surface area contributed by atoms with E-state index in [-0.39, 0.29) is 23.3 Å². The number of rotatable bonds is 5. The molecule has 0 saturated carbocycles. The van der Waals surface area contributed by atoms with Crippen molar-refractivity contribution in [3.05, 3.63) is 60.2 Å². The summed E-state index contributed by atoms with van der Waals surface area (Å²) in [6, 6.07) is 14.7. The van der Waals surface area contributed by atoms with E-state index in [2.05, 4.69) is 9.84 Å². The first-order valence-electron chi connectivity index (χ1n) is 10.5. The van der Waals surface area contributed by atoms with E-state index in [4.69, 9.17) is 0 Å². The molecule has 2 heterocycles. The Morgan fingerprint density at radius 3 is 2.38 bits per heavy atom. The second kappa shape index (κ2) is 8.82. The molecular weight excluding hydrogens is 423 g/mol. The summed E-state index contributed by atoms with van der Waals surface area (Å²) >= 11 is 0. The Morgan fingerprint density at radius 2 is 1.75 bits per heavy atom. The highest BCUT2D eigenvalue weighted by Crippen LogP contribution is 2.33. The maximum Gasteiger partial charge on any atom is 0.573 e. The van der Waals surface area contributed by atoms with Gasteiger partial charge in [-0.25, -0.2) is 0 Å². The third-order valence-corrected chi connectivity index (χ3v) is 5.88. The van der Waals surface area contributed by atoms with Gasteiger partial charge in [-0.1, -0.05) is 18.2 Å². The van der Waals surface area contributed by atoms with Crippen LogP contribution in [0.3, 0.4) is 0 Å². The standard InChI is InChI=1S/C23H24F3N3O3/c24-23(25,26)32-20-8-6-17(7-9-20)21(30)28-14-11-22(31,12-15-28)16-19-10-13-27-29(19)18-4-2-1-3-5-18/h1-9,13,19,31H,10-12,14-16H2. The van der Waals surface area contributed by atoms with E-state index >= 15 is 0 Å². The van der Waals surface area contributed by atoms with E-state index in [0.29, 0.717) is 32.4 Å². The van der Waals surface area contributed by atoms with Gasteiger partial charge in [0.15, 0.2) is 0 Å². The lowest BCUT2D eigenvalue weighted by Crippen LogP contribution is -2.49. The number of hydrogen-bond donors (Lipinski definition) is 1. The summed E-state index contributed by atoms with van der Waals surface area (Å²) < 4.78 is 40.7. The Balaban J connectivity index is 1.33. The number of hydrazone groups is 1. The second-order valence-corrected chi connectivity index (χ2v) is 8.16. The zero-order valence-electron chi connectivity index (χ0n) is 17.3. The zero-order chi connectivity index (χ0) is 22.8. The maximum absolute atomic E-state index is 12.7. The normalized spacial score (nSPS) is 20.4. The Labute approximate surface area is 183 Å². The Hall–Kier alpha value is -3.07. The van der Waals surface area contributed by atoms with E-state index in [9.17, 15) is 23.1 Å². The van der Waals surface area contributed by atoms with Gasteiger partial charge in [0.25, 0.3) is 5.91 Å². The van der Waals surface area contributed by atoms with Gasteiger partial charge >= 0.3 is 6.36 Å². The highest BCUT2D eigenvalue weighted by Gasteiger charge is 2.38. The van der Waals surface area contributed by atoms with E-state index < -0.39 is 12.0 Å². The van der Waals surface area contributed by atoms with Crippen molar-refractivity contribution in [2.45, 2.75) is 43.7 Å². The van der Waals surface area contributed by atoms with Gasteiger partial charge in [0.05, 0.1) is 17.3 Å². The zero-order valence-corrected chi connectivity index (χ0v) is 17.3. The van der Waals surface area contributed by atoms with Gasteiger partial charge in [0.2, 0.25) is 0 Å². The number of ether oxygens (including phenoxy) is 1. The number of amides is 1. The molecule has 4 rings (SSSR count). The highest BCUT2D eigenvalue weighted by atomic mass is 19.4. The van der Waals surface area contributed by atoms with Crippen LogP contribution in [0.2, 0.25) is 0 Å². The molecule has 0 aliphatic carbocycles. The quantitative estimate of drug-likeness (QED) is 0.746. The van der Waals surface area contributed by atoms with Crippen LogP contribution in [-0.4, -0.2) is 53.2 Å². The minimum atomic E-state index is -4.77. The van der Waals surface area contributed by atoms with Crippen molar-refractivity contribution in [2.75, 3.05) is 18.1 Å². The molecule has 2 aromatic carbocycles. The third-order valence-electron chi connectivity index (χ3n) is 5.88. The summed E-state index contributed by atoms with van der Waals surface area (Å²) in [6.45, 7) is 0.740. The van der Waals surface area contributed by atoms with Gasteiger partial charge in [-0.2, -0.15) is 5.10 Å². The number of benzene rings is 2. The van der Waals surface area contributed by atoms with Crippen molar-refractivity contribution in [3.63, 3.8) is 0 Å². The first-order chi connectivity index (χ1) is 15.2. The number of piperidine rings is 1. The van der Waals surface area contributed by atoms with Crippen molar-refractivity contribution < 1.29 is 27.8 Å². The fourth-order valence-corrected chi connectivity index (χ4v) is 4.23. The molecule has 0 aromatic heterocycles. The number of carbonyl (C=O) groups is 1. The molecule has 2 aromatic rings. The number of carbonyl (C=O) groups excluding carboxylic acids is 1. The van der Waals surface area contributed by atoms with Gasteiger partial charge in [-0.3, -0.25) is 9.80 Å². The van der Waals surface area contributed by atoms with Crippen LogP contribution in [0, 0.1) is 0 Å². The van der Waals surface area contributed by atoms with Gasteiger partial charge in [0.1, 0.15) is 5.75 Å². The van der Waals surface area contributed by atoms with E-state index in [0.717, 1.165) is 24.2 Å². The van der Waals surface area contributed by atoms with Gasteiger partial charge in [0, 0.05) is 31.3 Å². The van der Waals surface area contributed by atoms with E-state index in [1.807, 2.05) is 41.6 Å². The number of alkyl halides is 3. The smallest absolute Gasteiger partial charge is 0.406 e. The van der Waals surface area contributed by atoms with Gasteiger partial charge in [-0.05, 0) is 55.7 Å². The van der Waals surface area contributed by atoms with Crippen molar-refractivity contribution >= 4 is 17.8 Å². The van der Waals surface area contributed by atoms with Gasteiger partial charge < -0.3 is 14.7 Å². The number of hydrogen-bond acceptors (Lipinski definition) is 5. The minimum Gasteiger partial charge on any atom is -0.406 e. The molecule has 170 valence electrons. The van der Waals surface area contributed by atoms with Crippen molar-refractivity contribution in [1.82, 2.24) is 4.90 Å². The van der Waals surface area contributed by atoms with Gasteiger partial charge in [-0.15, -0.1) is 13.2 Å². The lowest BCUT2D eigenvalue weighted by atomic mass is 9.84. The molecule has 1 N–H and O–H groups in total. The fourth-order valence-electron chi connectivity index (χ4n) is 4.23. The lowest BCUT2D eigenvalue weighted by Gasteiger charge is -2.40. The largest absolute Gasteiger partial charge is 0.573 e. The first kappa shape index (κ1) is 22.1.